The maximum atomic E-state index is 12.4. The molecule has 1 aliphatic rings. The topological polar surface area (TPSA) is 20.3 Å². The van der Waals surface area contributed by atoms with Gasteiger partial charge in [-0.1, -0.05) is 31.7 Å². The molecule has 0 spiro atoms. The lowest BCUT2D eigenvalue weighted by Crippen LogP contribution is -2.36. The maximum absolute atomic E-state index is 12.4. The van der Waals surface area contributed by atoms with Crippen molar-refractivity contribution < 1.29 is 4.79 Å². The van der Waals surface area contributed by atoms with E-state index in [0.29, 0.717) is 6.04 Å². The molecule has 0 N–H and O–H groups in total. The second-order valence-corrected chi connectivity index (χ2v) is 6.32. The minimum atomic E-state index is 0.167. The van der Waals surface area contributed by atoms with E-state index >= 15 is 0 Å². The number of hydrogen-bond donors (Lipinski definition) is 0. The molecule has 0 atom stereocenters. The standard InChI is InChI=1S/C15H20INO/c1-17(14-9-4-2-3-5-10-14)15(18)12-7-6-8-13(16)11-12/h6-8,11,14H,2-5,9-10H2,1H3. The zero-order valence-corrected chi connectivity index (χ0v) is 13.0. The van der Waals surface area contributed by atoms with Gasteiger partial charge in [0.05, 0.1) is 0 Å². The minimum Gasteiger partial charge on any atom is -0.339 e. The van der Waals surface area contributed by atoms with Crippen LogP contribution in [0.25, 0.3) is 0 Å². The highest BCUT2D eigenvalue weighted by Gasteiger charge is 2.22. The molecule has 0 aliphatic heterocycles. The first-order chi connectivity index (χ1) is 8.68. The predicted octanol–water partition coefficient (Wildman–Crippen LogP) is 4.09. The van der Waals surface area contributed by atoms with Crippen molar-refractivity contribution in [2.45, 2.75) is 44.6 Å². The van der Waals surface area contributed by atoms with Gasteiger partial charge in [0.15, 0.2) is 0 Å². The number of nitrogens with zero attached hydrogens (tertiary/aromatic N) is 1. The molecule has 1 fully saturated rings. The molecule has 18 heavy (non-hydrogen) atoms. The third-order valence-electron chi connectivity index (χ3n) is 3.76. The Kier molecular flexibility index (Phi) is 5.03. The Bertz CT molecular complexity index is 411. The van der Waals surface area contributed by atoms with Gasteiger partial charge in [-0.15, -0.1) is 0 Å². The first kappa shape index (κ1) is 13.8. The van der Waals surface area contributed by atoms with Crippen molar-refractivity contribution in [1.82, 2.24) is 4.90 Å². The summed E-state index contributed by atoms with van der Waals surface area (Å²) in [5.41, 5.74) is 0.814. The van der Waals surface area contributed by atoms with Crippen LogP contribution in [0.5, 0.6) is 0 Å². The van der Waals surface area contributed by atoms with Crippen LogP contribution in [-0.4, -0.2) is 23.9 Å². The Morgan fingerprint density at radius 2 is 1.89 bits per heavy atom. The summed E-state index contributed by atoms with van der Waals surface area (Å²) in [5, 5.41) is 0. The van der Waals surface area contributed by atoms with Gasteiger partial charge in [-0.05, 0) is 53.6 Å². The van der Waals surface area contributed by atoms with Crippen LogP contribution in [0.2, 0.25) is 0 Å². The average Bonchev–Trinajstić information content (AvgIpc) is 2.66. The van der Waals surface area contributed by atoms with Crippen LogP contribution in [-0.2, 0) is 0 Å². The number of benzene rings is 1. The highest BCUT2D eigenvalue weighted by molar-refractivity contribution is 14.1. The fraction of sp³-hybridized carbons (Fsp3) is 0.533. The quantitative estimate of drug-likeness (QED) is 0.577. The van der Waals surface area contributed by atoms with Crippen LogP contribution in [0.3, 0.4) is 0 Å². The highest BCUT2D eigenvalue weighted by Crippen LogP contribution is 2.22. The van der Waals surface area contributed by atoms with E-state index in [0.717, 1.165) is 22.0 Å². The van der Waals surface area contributed by atoms with Gasteiger partial charge in [0.2, 0.25) is 0 Å². The van der Waals surface area contributed by atoms with Gasteiger partial charge in [-0.2, -0.15) is 0 Å². The van der Waals surface area contributed by atoms with Gasteiger partial charge < -0.3 is 4.90 Å². The number of rotatable bonds is 2. The molecule has 0 aromatic heterocycles. The lowest BCUT2D eigenvalue weighted by Gasteiger charge is -2.27. The molecule has 1 amide bonds. The van der Waals surface area contributed by atoms with Crippen LogP contribution < -0.4 is 0 Å². The number of amides is 1. The van der Waals surface area contributed by atoms with Gasteiger partial charge in [0.25, 0.3) is 5.91 Å². The van der Waals surface area contributed by atoms with Gasteiger partial charge in [-0.3, -0.25) is 4.79 Å². The fourth-order valence-electron chi connectivity index (χ4n) is 2.64. The third kappa shape index (κ3) is 3.46. The highest BCUT2D eigenvalue weighted by atomic mass is 127. The van der Waals surface area contributed by atoms with E-state index in [-0.39, 0.29) is 5.91 Å². The molecule has 1 aromatic carbocycles. The maximum Gasteiger partial charge on any atom is 0.253 e. The summed E-state index contributed by atoms with van der Waals surface area (Å²) < 4.78 is 1.12. The number of halogens is 1. The zero-order valence-electron chi connectivity index (χ0n) is 10.9. The second-order valence-electron chi connectivity index (χ2n) is 5.07. The van der Waals surface area contributed by atoms with Crippen molar-refractivity contribution in [3.05, 3.63) is 33.4 Å². The molecule has 0 radical (unpaired) electrons. The number of hydrogen-bond acceptors (Lipinski definition) is 1. The molecule has 1 aromatic rings. The van der Waals surface area contributed by atoms with E-state index < -0.39 is 0 Å². The van der Waals surface area contributed by atoms with Gasteiger partial charge >= 0.3 is 0 Å². The summed E-state index contributed by atoms with van der Waals surface area (Å²) in [6.07, 6.45) is 7.48. The number of carbonyl (C=O) groups is 1. The molecule has 2 rings (SSSR count). The first-order valence-corrected chi connectivity index (χ1v) is 7.79. The smallest absolute Gasteiger partial charge is 0.253 e. The van der Waals surface area contributed by atoms with Crippen molar-refractivity contribution in [2.24, 2.45) is 0 Å². The Labute approximate surface area is 123 Å². The molecule has 98 valence electrons. The lowest BCUT2D eigenvalue weighted by atomic mass is 10.1. The van der Waals surface area contributed by atoms with E-state index in [9.17, 15) is 4.79 Å². The molecular weight excluding hydrogens is 337 g/mol. The molecule has 1 saturated carbocycles. The predicted molar refractivity (Wildman–Crippen MR) is 82.7 cm³/mol. The molecule has 0 saturated heterocycles. The van der Waals surface area contributed by atoms with Crippen molar-refractivity contribution in [3.8, 4) is 0 Å². The Morgan fingerprint density at radius 3 is 2.50 bits per heavy atom. The minimum absolute atomic E-state index is 0.167. The summed E-state index contributed by atoms with van der Waals surface area (Å²) in [6, 6.07) is 8.28. The normalized spacial score (nSPS) is 17.2. The summed E-state index contributed by atoms with van der Waals surface area (Å²) in [5.74, 6) is 0.167. The number of carbonyl (C=O) groups excluding carboxylic acids is 1. The monoisotopic (exact) mass is 357 g/mol. The Morgan fingerprint density at radius 1 is 1.22 bits per heavy atom. The van der Waals surface area contributed by atoms with Gasteiger partial charge in [0, 0.05) is 22.2 Å². The third-order valence-corrected chi connectivity index (χ3v) is 4.44. The molecule has 3 heteroatoms. The summed E-state index contributed by atoms with van der Waals surface area (Å²) in [6.45, 7) is 0. The molecular formula is C15H20INO. The van der Waals surface area contributed by atoms with Crippen LogP contribution in [0, 0.1) is 3.57 Å². The molecule has 1 aliphatic carbocycles. The zero-order chi connectivity index (χ0) is 13.0. The molecule has 0 unspecified atom stereocenters. The van der Waals surface area contributed by atoms with Crippen molar-refractivity contribution in [2.75, 3.05) is 7.05 Å². The van der Waals surface area contributed by atoms with Crippen molar-refractivity contribution in [3.63, 3.8) is 0 Å². The Balaban J connectivity index is 2.07. The molecule has 2 nitrogen and oxygen atoms in total. The van der Waals surface area contributed by atoms with E-state index in [1.54, 1.807) is 0 Å². The summed E-state index contributed by atoms with van der Waals surface area (Å²) >= 11 is 2.25. The fourth-order valence-corrected chi connectivity index (χ4v) is 3.18. The van der Waals surface area contributed by atoms with Crippen molar-refractivity contribution in [1.29, 1.82) is 0 Å². The Hall–Kier alpha value is -0.580. The lowest BCUT2D eigenvalue weighted by molar-refractivity contribution is 0.0717. The largest absolute Gasteiger partial charge is 0.339 e. The van der Waals surface area contributed by atoms with Gasteiger partial charge in [0.1, 0.15) is 0 Å². The van der Waals surface area contributed by atoms with Crippen LogP contribution >= 0.6 is 22.6 Å². The first-order valence-electron chi connectivity index (χ1n) is 6.71. The van der Waals surface area contributed by atoms with Crippen molar-refractivity contribution >= 4 is 28.5 Å². The molecule has 0 bridgehead atoms. The van der Waals surface area contributed by atoms with E-state index in [1.165, 1.54) is 25.7 Å². The van der Waals surface area contributed by atoms with E-state index in [2.05, 4.69) is 22.6 Å². The van der Waals surface area contributed by atoms with E-state index in [1.807, 2.05) is 36.2 Å². The summed E-state index contributed by atoms with van der Waals surface area (Å²) in [7, 11) is 1.96. The van der Waals surface area contributed by atoms with Crippen LogP contribution in [0.4, 0.5) is 0 Å². The van der Waals surface area contributed by atoms with E-state index in [4.69, 9.17) is 0 Å². The van der Waals surface area contributed by atoms with Gasteiger partial charge in [-0.25, -0.2) is 0 Å². The molecule has 0 heterocycles. The SMILES string of the molecule is CN(C(=O)c1cccc(I)c1)C1CCCCCC1. The second kappa shape index (κ2) is 6.55. The van der Waals surface area contributed by atoms with Crippen LogP contribution in [0.15, 0.2) is 24.3 Å². The average molecular weight is 357 g/mol. The summed E-state index contributed by atoms with van der Waals surface area (Å²) in [4.78, 5) is 14.4. The van der Waals surface area contributed by atoms with Crippen LogP contribution in [0.1, 0.15) is 48.9 Å².